The van der Waals surface area contributed by atoms with E-state index in [1.807, 2.05) is 5.32 Å². The first-order valence-electron chi connectivity index (χ1n) is 5.15. The van der Waals surface area contributed by atoms with Crippen LogP contribution in [-0.2, 0) is 16.1 Å². The summed E-state index contributed by atoms with van der Waals surface area (Å²) in [6.45, 7) is 3.50. The molecule has 1 unspecified atom stereocenters. The number of rotatable bonds is 4. The van der Waals surface area contributed by atoms with Crippen molar-refractivity contribution in [3.63, 3.8) is 0 Å². The van der Waals surface area contributed by atoms with Crippen molar-refractivity contribution in [1.29, 1.82) is 0 Å². The molecule has 0 saturated heterocycles. The molecule has 1 aromatic rings. The molecule has 0 aliphatic rings. The first-order valence-corrected chi connectivity index (χ1v) is 5.15. The highest BCUT2D eigenvalue weighted by Crippen LogP contribution is 2.02. The summed E-state index contributed by atoms with van der Waals surface area (Å²) in [4.78, 5) is 22.3. The summed E-state index contributed by atoms with van der Waals surface area (Å²) in [5.74, 6) is -0.524. The second-order valence-electron chi connectivity index (χ2n) is 3.40. The van der Waals surface area contributed by atoms with Crippen LogP contribution in [0.25, 0.3) is 0 Å². The van der Waals surface area contributed by atoms with Crippen molar-refractivity contribution in [3.05, 3.63) is 11.9 Å². The molecule has 8 nitrogen and oxygen atoms in total. The highest BCUT2D eigenvalue weighted by molar-refractivity contribution is 5.91. The number of amides is 2. The first kappa shape index (κ1) is 13.1. The van der Waals surface area contributed by atoms with Gasteiger partial charge in [0.15, 0.2) is 0 Å². The van der Waals surface area contributed by atoms with Crippen molar-refractivity contribution < 1.29 is 14.3 Å². The van der Waals surface area contributed by atoms with Gasteiger partial charge in [0.05, 0.1) is 18.5 Å². The van der Waals surface area contributed by atoms with Gasteiger partial charge in [0, 0.05) is 6.04 Å². The molecule has 17 heavy (non-hydrogen) atoms. The maximum Gasteiger partial charge on any atom is 0.413 e. The second kappa shape index (κ2) is 5.94. The van der Waals surface area contributed by atoms with E-state index in [4.69, 9.17) is 5.73 Å². The van der Waals surface area contributed by atoms with Crippen LogP contribution in [0.3, 0.4) is 0 Å². The van der Waals surface area contributed by atoms with Crippen LogP contribution in [0.4, 0.5) is 4.79 Å². The van der Waals surface area contributed by atoms with E-state index < -0.39 is 12.0 Å². The fourth-order valence-corrected chi connectivity index (χ4v) is 1.07. The van der Waals surface area contributed by atoms with Crippen LogP contribution in [0.5, 0.6) is 0 Å². The van der Waals surface area contributed by atoms with Crippen molar-refractivity contribution >= 4 is 12.0 Å². The number of hydrogen-bond donors (Lipinski definition) is 2. The zero-order chi connectivity index (χ0) is 12.8. The van der Waals surface area contributed by atoms with Gasteiger partial charge in [-0.3, -0.25) is 10.1 Å². The predicted molar refractivity (Wildman–Crippen MR) is 57.8 cm³/mol. The zero-order valence-electron chi connectivity index (χ0n) is 9.71. The van der Waals surface area contributed by atoms with Crippen molar-refractivity contribution in [2.24, 2.45) is 5.73 Å². The molecule has 0 spiro atoms. The lowest BCUT2D eigenvalue weighted by atomic mass is 10.3. The standard InChI is InChI=1S/C9H15N5O3/c1-3-17-9(16)11-8(15)5-14-4-7(6(2)10)12-13-14/h4,6H,3,5,10H2,1-2H3,(H,11,15,16). The van der Waals surface area contributed by atoms with E-state index in [0.29, 0.717) is 5.69 Å². The fourth-order valence-electron chi connectivity index (χ4n) is 1.07. The number of nitrogens with one attached hydrogen (secondary N) is 1. The molecular formula is C9H15N5O3. The Morgan fingerprint density at radius 3 is 2.88 bits per heavy atom. The number of ether oxygens (including phenoxy) is 1. The molecule has 0 aliphatic carbocycles. The summed E-state index contributed by atoms with van der Waals surface area (Å²) in [6.07, 6.45) is 0.778. The highest BCUT2D eigenvalue weighted by atomic mass is 16.5. The Morgan fingerprint density at radius 2 is 2.35 bits per heavy atom. The first-order chi connectivity index (χ1) is 8.02. The highest BCUT2D eigenvalue weighted by Gasteiger charge is 2.11. The summed E-state index contributed by atoms with van der Waals surface area (Å²) < 4.78 is 5.86. The second-order valence-corrected chi connectivity index (χ2v) is 3.40. The Bertz CT molecular complexity index is 401. The van der Waals surface area contributed by atoms with Crippen LogP contribution >= 0.6 is 0 Å². The van der Waals surface area contributed by atoms with Gasteiger partial charge in [0.25, 0.3) is 5.91 Å². The average molecular weight is 241 g/mol. The maximum absolute atomic E-state index is 11.3. The van der Waals surface area contributed by atoms with Crippen LogP contribution in [0, 0.1) is 0 Å². The molecule has 8 heteroatoms. The Balaban J connectivity index is 2.47. The van der Waals surface area contributed by atoms with Gasteiger partial charge in [0.2, 0.25) is 0 Å². The largest absolute Gasteiger partial charge is 0.450 e. The maximum atomic E-state index is 11.3. The Labute approximate surface area is 98.1 Å². The average Bonchev–Trinajstić information content (AvgIpc) is 2.66. The molecule has 94 valence electrons. The third-order valence-corrected chi connectivity index (χ3v) is 1.85. The van der Waals surface area contributed by atoms with Crippen molar-refractivity contribution in [1.82, 2.24) is 20.3 Å². The Kier molecular flexibility index (Phi) is 4.58. The van der Waals surface area contributed by atoms with Gasteiger partial charge in [0.1, 0.15) is 6.54 Å². The smallest absolute Gasteiger partial charge is 0.413 e. The third-order valence-electron chi connectivity index (χ3n) is 1.85. The Hall–Kier alpha value is -1.96. The van der Waals surface area contributed by atoms with E-state index in [9.17, 15) is 9.59 Å². The van der Waals surface area contributed by atoms with Crippen LogP contribution in [0.2, 0.25) is 0 Å². The monoisotopic (exact) mass is 241 g/mol. The molecule has 1 rings (SSSR count). The van der Waals surface area contributed by atoms with E-state index in [1.54, 1.807) is 20.0 Å². The van der Waals surface area contributed by atoms with Crippen LogP contribution in [0.15, 0.2) is 6.20 Å². The minimum atomic E-state index is -0.773. The molecule has 0 aromatic carbocycles. The molecule has 0 aliphatic heterocycles. The predicted octanol–water partition coefficient (Wildman–Crippen LogP) is -0.429. The van der Waals surface area contributed by atoms with Gasteiger partial charge in [-0.1, -0.05) is 5.21 Å². The molecule has 3 N–H and O–H groups in total. The number of alkyl carbamates (subject to hydrolysis) is 1. The molecule has 0 saturated carbocycles. The number of nitrogens with two attached hydrogens (primary N) is 1. The molecule has 1 heterocycles. The lowest BCUT2D eigenvalue weighted by Crippen LogP contribution is -2.33. The van der Waals surface area contributed by atoms with Crippen molar-refractivity contribution in [2.75, 3.05) is 6.61 Å². The molecule has 1 aromatic heterocycles. The lowest BCUT2D eigenvalue weighted by molar-refractivity contribution is -0.121. The van der Waals surface area contributed by atoms with Crippen LogP contribution in [-0.4, -0.2) is 33.6 Å². The molecule has 1 atom stereocenters. The third kappa shape index (κ3) is 4.19. The number of carbonyl (C=O) groups excluding carboxylic acids is 2. The van der Waals surface area contributed by atoms with Gasteiger partial charge in [-0.25, -0.2) is 9.48 Å². The molecule has 0 bridgehead atoms. The van der Waals surface area contributed by atoms with E-state index in [1.165, 1.54) is 4.68 Å². The van der Waals surface area contributed by atoms with E-state index in [-0.39, 0.29) is 19.2 Å². The number of aromatic nitrogens is 3. The lowest BCUT2D eigenvalue weighted by Gasteiger charge is -2.03. The van der Waals surface area contributed by atoms with Gasteiger partial charge < -0.3 is 10.5 Å². The number of carbonyl (C=O) groups is 2. The minimum absolute atomic E-state index is 0.113. The topological polar surface area (TPSA) is 112 Å². The van der Waals surface area contributed by atoms with Gasteiger partial charge in [-0.05, 0) is 13.8 Å². The van der Waals surface area contributed by atoms with Crippen LogP contribution in [0.1, 0.15) is 25.6 Å². The number of imide groups is 1. The SMILES string of the molecule is CCOC(=O)NC(=O)Cn1cc(C(C)N)nn1. The van der Waals surface area contributed by atoms with E-state index in [0.717, 1.165) is 0 Å². The summed E-state index contributed by atoms with van der Waals surface area (Å²) in [5.41, 5.74) is 6.17. The minimum Gasteiger partial charge on any atom is -0.450 e. The van der Waals surface area contributed by atoms with Crippen molar-refractivity contribution in [2.45, 2.75) is 26.4 Å². The number of nitrogens with zero attached hydrogens (tertiary/aromatic N) is 3. The summed E-state index contributed by atoms with van der Waals surface area (Å²) in [6, 6.07) is -0.253. The van der Waals surface area contributed by atoms with Gasteiger partial charge in [-0.15, -0.1) is 5.10 Å². The quantitative estimate of drug-likeness (QED) is 0.739. The van der Waals surface area contributed by atoms with Gasteiger partial charge in [-0.2, -0.15) is 0 Å². The number of hydrogen-bond acceptors (Lipinski definition) is 6. The van der Waals surface area contributed by atoms with Crippen molar-refractivity contribution in [3.8, 4) is 0 Å². The fraction of sp³-hybridized carbons (Fsp3) is 0.556. The normalized spacial score (nSPS) is 11.9. The zero-order valence-corrected chi connectivity index (χ0v) is 9.71. The molecule has 2 amide bonds. The molecule has 0 fully saturated rings. The van der Waals surface area contributed by atoms with E-state index in [2.05, 4.69) is 15.0 Å². The Morgan fingerprint density at radius 1 is 1.65 bits per heavy atom. The van der Waals surface area contributed by atoms with E-state index >= 15 is 0 Å². The summed E-state index contributed by atoms with van der Waals surface area (Å²) in [5, 5.41) is 9.53. The molecular weight excluding hydrogens is 226 g/mol. The summed E-state index contributed by atoms with van der Waals surface area (Å²) in [7, 11) is 0. The summed E-state index contributed by atoms with van der Waals surface area (Å²) >= 11 is 0. The van der Waals surface area contributed by atoms with Crippen LogP contribution < -0.4 is 11.1 Å². The molecule has 0 radical (unpaired) electrons. The van der Waals surface area contributed by atoms with Gasteiger partial charge >= 0.3 is 6.09 Å².